The Morgan fingerprint density at radius 1 is 1.40 bits per heavy atom. The van der Waals surface area contributed by atoms with E-state index in [0.29, 0.717) is 26.2 Å². The molecule has 0 aromatic carbocycles. The Morgan fingerprint density at radius 3 is 2.50 bits per heavy atom. The van der Waals surface area contributed by atoms with E-state index < -0.39 is 18.0 Å². The van der Waals surface area contributed by atoms with E-state index in [9.17, 15) is 18.0 Å². The fourth-order valence-electron chi connectivity index (χ4n) is 2.01. The molecule has 8 heteroatoms. The molecule has 0 spiro atoms. The molecule has 5 nitrogen and oxygen atoms in total. The summed E-state index contributed by atoms with van der Waals surface area (Å²) in [6.45, 7) is 1.87. The molecule has 20 heavy (non-hydrogen) atoms. The van der Waals surface area contributed by atoms with Crippen molar-refractivity contribution in [1.29, 1.82) is 0 Å². The van der Waals surface area contributed by atoms with E-state index in [-0.39, 0.29) is 5.91 Å². The lowest BCUT2D eigenvalue weighted by Crippen LogP contribution is -2.55. The van der Waals surface area contributed by atoms with Gasteiger partial charge in [-0.2, -0.15) is 13.2 Å². The summed E-state index contributed by atoms with van der Waals surface area (Å²) in [4.78, 5) is 18.5. The summed E-state index contributed by atoms with van der Waals surface area (Å²) in [6.07, 6.45) is 1.82. The van der Waals surface area contributed by atoms with Gasteiger partial charge < -0.3 is 10.2 Å². The van der Waals surface area contributed by atoms with Gasteiger partial charge in [0.2, 0.25) is 0 Å². The highest BCUT2D eigenvalue weighted by Gasteiger charge is 2.35. The molecule has 1 amide bonds. The van der Waals surface area contributed by atoms with Gasteiger partial charge in [-0.05, 0) is 5.92 Å². The largest absolute Gasteiger partial charge is 0.419 e. The molecular formula is C12H13F3N4O. The molecule has 0 saturated carbocycles. The molecule has 0 aromatic heterocycles. The van der Waals surface area contributed by atoms with Gasteiger partial charge >= 0.3 is 6.18 Å². The van der Waals surface area contributed by atoms with Gasteiger partial charge in [-0.25, -0.2) is 0 Å². The summed E-state index contributed by atoms with van der Waals surface area (Å²) in [7, 11) is 0. The van der Waals surface area contributed by atoms with Crippen molar-refractivity contribution in [2.24, 2.45) is 4.99 Å². The van der Waals surface area contributed by atoms with Crippen LogP contribution in [0.3, 0.4) is 0 Å². The van der Waals surface area contributed by atoms with Crippen LogP contribution in [-0.4, -0.2) is 60.6 Å². The van der Waals surface area contributed by atoms with Crippen LogP contribution in [0.15, 0.2) is 16.8 Å². The standard InChI is InChI=1S/C12H13F3N4O/c1-2-10(20)18-3-5-19(6-4-18)11-16-7-9(8-17-11)12(13,14)15/h1,7-8,11,16H,3-6H2. The maximum absolute atomic E-state index is 12.4. The van der Waals surface area contributed by atoms with E-state index in [1.54, 1.807) is 0 Å². The third-order valence-electron chi connectivity index (χ3n) is 3.14. The minimum absolute atomic E-state index is 0.371. The quantitative estimate of drug-likeness (QED) is 0.699. The number of amides is 1. The van der Waals surface area contributed by atoms with Crippen molar-refractivity contribution in [3.05, 3.63) is 11.8 Å². The number of aliphatic imine (C=N–C) groups is 1. The van der Waals surface area contributed by atoms with Gasteiger partial charge in [-0.1, -0.05) is 0 Å². The van der Waals surface area contributed by atoms with Crippen LogP contribution >= 0.6 is 0 Å². The van der Waals surface area contributed by atoms with E-state index in [1.165, 1.54) is 4.90 Å². The highest BCUT2D eigenvalue weighted by Crippen LogP contribution is 2.25. The summed E-state index contributed by atoms with van der Waals surface area (Å²) in [5.74, 6) is 1.67. The second-order valence-electron chi connectivity index (χ2n) is 4.39. The molecule has 2 aliphatic heterocycles. The first-order chi connectivity index (χ1) is 9.41. The number of hydrogen-bond donors (Lipinski definition) is 1. The maximum Gasteiger partial charge on any atom is 0.419 e. The number of carbonyl (C=O) groups is 1. The first-order valence-corrected chi connectivity index (χ1v) is 5.98. The minimum Gasteiger partial charge on any atom is -0.357 e. The Kier molecular flexibility index (Phi) is 3.99. The molecule has 0 aliphatic carbocycles. The number of nitrogens with zero attached hydrogens (tertiary/aromatic N) is 3. The van der Waals surface area contributed by atoms with Crippen molar-refractivity contribution in [2.45, 2.75) is 12.5 Å². The van der Waals surface area contributed by atoms with Gasteiger partial charge in [0.25, 0.3) is 5.91 Å². The number of allylic oxidation sites excluding steroid dienone is 1. The Bertz CT molecular complexity index is 484. The van der Waals surface area contributed by atoms with Gasteiger partial charge in [0, 0.05) is 38.6 Å². The zero-order valence-corrected chi connectivity index (χ0v) is 10.5. The summed E-state index contributed by atoms with van der Waals surface area (Å²) in [5, 5.41) is 2.61. The SMILES string of the molecule is C#CC(=O)N1CCN(C2N=CC(C(F)(F)F)=CN2)CC1. The summed E-state index contributed by atoms with van der Waals surface area (Å²) in [6, 6.07) is 0. The van der Waals surface area contributed by atoms with Gasteiger partial charge in [0.05, 0.1) is 5.57 Å². The van der Waals surface area contributed by atoms with Crippen LogP contribution in [0.5, 0.6) is 0 Å². The van der Waals surface area contributed by atoms with Gasteiger partial charge in [0.15, 0.2) is 6.29 Å². The predicted octanol–water partition coefficient (Wildman–Crippen LogP) is 0.168. The first kappa shape index (κ1) is 14.4. The number of terminal acetylenes is 1. The topological polar surface area (TPSA) is 47.9 Å². The zero-order valence-electron chi connectivity index (χ0n) is 10.5. The number of rotatable bonds is 1. The Morgan fingerprint density at radius 2 is 2.05 bits per heavy atom. The van der Waals surface area contributed by atoms with Gasteiger partial charge in [-0.3, -0.25) is 14.7 Å². The van der Waals surface area contributed by atoms with Crippen molar-refractivity contribution >= 4 is 12.1 Å². The van der Waals surface area contributed by atoms with Gasteiger partial charge in [-0.15, -0.1) is 6.42 Å². The minimum atomic E-state index is -4.40. The average molecular weight is 286 g/mol. The van der Waals surface area contributed by atoms with Crippen LogP contribution in [0.2, 0.25) is 0 Å². The fourth-order valence-corrected chi connectivity index (χ4v) is 2.01. The van der Waals surface area contributed by atoms with Crippen molar-refractivity contribution in [3.63, 3.8) is 0 Å². The van der Waals surface area contributed by atoms with Crippen LogP contribution in [0.1, 0.15) is 0 Å². The molecule has 1 N–H and O–H groups in total. The Balaban J connectivity index is 1.89. The van der Waals surface area contributed by atoms with Gasteiger partial charge in [0.1, 0.15) is 0 Å². The lowest BCUT2D eigenvalue weighted by Gasteiger charge is -2.37. The van der Waals surface area contributed by atoms with E-state index in [0.717, 1.165) is 12.4 Å². The van der Waals surface area contributed by atoms with Crippen molar-refractivity contribution in [2.75, 3.05) is 26.2 Å². The highest BCUT2D eigenvalue weighted by atomic mass is 19.4. The molecule has 0 radical (unpaired) electrons. The van der Waals surface area contributed by atoms with Crippen molar-refractivity contribution in [3.8, 4) is 12.3 Å². The fraction of sp³-hybridized carbons (Fsp3) is 0.500. The van der Waals surface area contributed by atoms with E-state index >= 15 is 0 Å². The summed E-state index contributed by atoms with van der Waals surface area (Å²) in [5.41, 5.74) is -0.810. The molecular weight excluding hydrogens is 273 g/mol. The molecule has 2 rings (SSSR count). The van der Waals surface area contributed by atoms with Crippen LogP contribution in [0.4, 0.5) is 13.2 Å². The van der Waals surface area contributed by atoms with Crippen LogP contribution in [-0.2, 0) is 4.79 Å². The molecule has 1 saturated heterocycles. The maximum atomic E-state index is 12.4. The number of hydrogen-bond acceptors (Lipinski definition) is 4. The molecule has 2 heterocycles. The highest BCUT2D eigenvalue weighted by molar-refractivity contribution is 5.92. The lowest BCUT2D eigenvalue weighted by atomic mass is 10.2. The van der Waals surface area contributed by atoms with E-state index in [1.807, 2.05) is 10.8 Å². The molecule has 1 atom stereocenters. The number of halogens is 3. The predicted molar refractivity (Wildman–Crippen MR) is 66.5 cm³/mol. The summed E-state index contributed by atoms with van der Waals surface area (Å²) < 4.78 is 37.2. The number of carbonyl (C=O) groups excluding carboxylic acids is 1. The van der Waals surface area contributed by atoms with Crippen molar-refractivity contribution in [1.82, 2.24) is 15.1 Å². The molecule has 0 aromatic rings. The zero-order chi connectivity index (χ0) is 14.8. The Labute approximate surface area is 114 Å². The van der Waals surface area contributed by atoms with E-state index in [4.69, 9.17) is 6.42 Å². The molecule has 1 fully saturated rings. The first-order valence-electron chi connectivity index (χ1n) is 5.98. The number of alkyl halides is 3. The molecule has 2 aliphatic rings. The van der Waals surface area contributed by atoms with Crippen LogP contribution in [0, 0.1) is 12.3 Å². The molecule has 108 valence electrons. The normalized spacial score (nSPS) is 23.8. The van der Waals surface area contributed by atoms with Crippen molar-refractivity contribution < 1.29 is 18.0 Å². The van der Waals surface area contributed by atoms with Crippen LogP contribution in [0.25, 0.3) is 0 Å². The number of piperazine rings is 1. The Hall–Kier alpha value is -2.01. The second-order valence-corrected chi connectivity index (χ2v) is 4.39. The lowest BCUT2D eigenvalue weighted by molar-refractivity contribution is -0.127. The summed E-state index contributed by atoms with van der Waals surface area (Å²) >= 11 is 0. The smallest absolute Gasteiger partial charge is 0.357 e. The number of nitrogens with one attached hydrogen (secondary N) is 1. The van der Waals surface area contributed by atoms with E-state index in [2.05, 4.69) is 10.3 Å². The third-order valence-corrected chi connectivity index (χ3v) is 3.14. The molecule has 1 unspecified atom stereocenters. The molecule has 0 bridgehead atoms. The second kappa shape index (κ2) is 5.54. The average Bonchev–Trinajstić information content (AvgIpc) is 2.46. The third kappa shape index (κ3) is 3.11. The monoisotopic (exact) mass is 286 g/mol. The van der Waals surface area contributed by atoms with Crippen LogP contribution < -0.4 is 5.32 Å².